The first kappa shape index (κ1) is 24.3. The number of nitrogens with zero attached hydrogens (tertiary/aromatic N) is 1. The zero-order valence-corrected chi connectivity index (χ0v) is 18.5. The summed E-state index contributed by atoms with van der Waals surface area (Å²) in [5.41, 5.74) is -0.697. The highest BCUT2D eigenvalue weighted by Gasteiger charge is 2.41. The van der Waals surface area contributed by atoms with Gasteiger partial charge in [0.25, 0.3) is 0 Å². The number of rotatable bonds is 7. The number of carbonyl (C=O) groups is 1. The fourth-order valence-corrected chi connectivity index (χ4v) is 3.74. The second kappa shape index (κ2) is 9.20. The summed E-state index contributed by atoms with van der Waals surface area (Å²) in [7, 11) is -3.94. The van der Waals surface area contributed by atoms with Crippen molar-refractivity contribution in [1.82, 2.24) is 5.32 Å². The first-order chi connectivity index (χ1) is 12.7. The summed E-state index contributed by atoms with van der Waals surface area (Å²) in [6, 6.07) is 4.79. The molecule has 1 rings (SSSR count). The van der Waals surface area contributed by atoms with E-state index in [1.165, 1.54) is 18.2 Å². The molecule has 2 N–H and O–H groups in total. The van der Waals surface area contributed by atoms with Crippen LogP contribution in [0, 0.1) is 17.1 Å². The number of alkyl carbamates (subject to hydrolysis) is 1. The zero-order chi connectivity index (χ0) is 21.8. The van der Waals surface area contributed by atoms with Crippen LogP contribution < -0.4 is 5.32 Å². The Hall–Kier alpha value is -1.70. The number of nitriles is 1. The Morgan fingerprint density at radius 3 is 2.50 bits per heavy atom. The second-order valence-corrected chi connectivity index (χ2v) is 10.7. The van der Waals surface area contributed by atoms with E-state index in [-0.39, 0.29) is 18.4 Å². The van der Waals surface area contributed by atoms with Gasteiger partial charge in [-0.1, -0.05) is 15.9 Å². The largest absolute Gasteiger partial charge is 0.444 e. The van der Waals surface area contributed by atoms with Crippen LogP contribution in [0.2, 0.25) is 0 Å². The predicted octanol–water partition coefficient (Wildman–Crippen LogP) is 3.23. The van der Waals surface area contributed by atoms with Gasteiger partial charge in [-0.2, -0.15) is 5.26 Å². The maximum absolute atomic E-state index is 14.4. The summed E-state index contributed by atoms with van der Waals surface area (Å²) >= 11 is 3.23. The number of amides is 1. The van der Waals surface area contributed by atoms with Gasteiger partial charge in [0.1, 0.15) is 11.4 Å². The Balaban J connectivity index is 3.23. The third-order valence-corrected chi connectivity index (χ3v) is 6.37. The third kappa shape index (κ3) is 6.43. The monoisotopic (exact) mass is 478 g/mol. The number of ether oxygens (including phenoxy) is 1. The lowest BCUT2D eigenvalue weighted by molar-refractivity contribution is 0.0499. The average molecular weight is 479 g/mol. The van der Waals surface area contributed by atoms with Crippen LogP contribution in [0.5, 0.6) is 0 Å². The minimum atomic E-state index is -3.94. The standard InChI is InChI=1S/C18H24BrFN2O5S/c1-17(2,3)27-16(24)22-15(13-9-12(19)5-6-14(13)20)7-8-18(10-21,11-23)28(4,25)26/h5-6,9,15,23H,7-8,11H2,1-4H3,(H,22,24). The molecule has 0 aliphatic carbocycles. The van der Waals surface area contributed by atoms with Crippen molar-refractivity contribution >= 4 is 31.9 Å². The molecule has 0 radical (unpaired) electrons. The number of sulfone groups is 1. The number of hydrogen-bond donors (Lipinski definition) is 2. The topological polar surface area (TPSA) is 116 Å². The molecule has 0 aromatic heterocycles. The molecule has 0 saturated carbocycles. The molecule has 10 heteroatoms. The van der Waals surface area contributed by atoms with E-state index in [0.29, 0.717) is 4.47 Å². The van der Waals surface area contributed by atoms with E-state index in [1.54, 1.807) is 26.8 Å². The molecule has 1 amide bonds. The Labute approximate surface area is 172 Å². The number of aliphatic hydroxyl groups is 1. The molecule has 0 fully saturated rings. The van der Waals surface area contributed by atoms with Gasteiger partial charge >= 0.3 is 6.09 Å². The Morgan fingerprint density at radius 2 is 2.04 bits per heavy atom. The van der Waals surface area contributed by atoms with Crippen molar-refractivity contribution in [3.8, 4) is 6.07 Å². The molecule has 0 bridgehead atoms. The van der Waals surface area contributed by atoms with Crippen LogP contribution in [-0.4, -0.2) is 42.8 Å². The lowest BCUT2D eigenvalue weighted by Gasteiger charge is -2.27. The van der Waals surface area contributed by atoms with Crippen molar-refractivity contribution in [1.29, 1.82) is 5.26 Å². The van der Waals surface area contributed by atoms with E-state index in [9.17, 15) is 28.0 Å². The predicted molar refractivity (Wildman–Crippen MR) is 106 cm³/mol. The van der Waals surface area contributed by atoms with Crippen LogP contribution in [0.1, 0.15) is 45.2 Å². The van der Waals surface area contributed by atoms with E-state index in [4.69, 9.17) is 4.74 Å². The highest BCUT2D eigenvalue weighted by Crippen LogP contribution is 2.30. The van der Waals surface area contributed by atoms with Gasteiger partial charge in [0, 0.05) is 16.3 Å². The average Bonchev–Trinajstić information content (AvgIpc) is 2.54. The van der Waals surface area contributed by atoms with E-state index in [0.717, 1.165) is 6.26 Å². The van der Waals surface area contributed by atoms with Crippen molar-refractivity contribution in [2.75, 3.05) is 12.9 Å². The Morgan fingerprint density at radius 1 is 1.43 bits per heavy atom. The van der Waals surface area contributed by atoms with Gasteiger partial charge in [-0.05, 0) is 51.8 Å². The summed E-state index contributed by atoms with van der Waals surface area (Å²) in [6.45, 7) is 4.08. The van der Waals surface area contributed by atoms with E-state index in [1.807, 2.05) is 0 Å². The van der Waals surface area contributed by atoms with Crippen LogP contribution in [0.3, 0.4) is 0 Å². The SMILES string of the molecule is CC(C)(C)OC(=O)NC(CCC(C#N)(CO)S(C)(=O)=O)c1cc(Br)ccc1F. The summed E-state index contributed by atoms with van der Waals surface area (Å²) in [5, 5.41) is 21.4. The molecular formula is C18H24BrFN2O5S. The molecule has 0 aliphatic heterocycles. The molecule has 0 saturated heterocycles. The molecule has 7 nitrogen and oxygen atoms in total. The van der Waals surface area contributed by atoms with Gasteiger partial charge in [-0.25, -0.2) is 17.6 Å². The number of halogens is 2. The highest BCUT2D eigenvalue weighted by molar-refractivity contribution is 9.10. The molecule has 2 unspecified atom stereocenters. The van der Waals surface area contributed by atoms with Crippen LogP contribution in [-0.2, 0) is 14.6 Å². The number of nitrogens with one attached hydrogen (secondary N) is 1. The fourth-order valence-electron chi connectivity index (χ4n) is 2.47. The van der Waals surface area contributed by atoms with Crippen molar-refractivity contribution in [2.24, 2.45) is 0 Å². The molecule has 0 spiro atoms. The van der Waals surface area contributed by atoms with Gasteiger partial charge in [-0.3, -0.25) is 0 Å². The molecule has 1 aromatic rings. The van der Waals surface area contributed by atoms with Gasteiger partial charge in [-0.15, -0.1) is 0 Å². The van der Waals surface area contributed by atoms with E-state index < -0.39 is 44.7 Å². The maximum Gasteiger partial charge on any atom is 0.408 e. The first-order valence-electron chi connectivity index (χ1n) is 8.41. The summed E-state index contributed by atoms with van der Waals surface area (Å²) < 4.78 is 42.1. The molecule has 28 heavy (non-hydrogen) atoms. The number of aliphatic hydroxyl groups excluding tert-OH is 1. The van der Waals surface area contributed by atoms with Gasteiger partial charge in [0.05, 0.1) is 18.7 Å². The van der Waals surface area contributed by atoms with Crippen LogP contribution in [0.15, 0.2) is 22.7 Å². The van der Waals surface area contributed by atoms with Gasteiger partial charge < -0.3 is 15.2 Å². The maximum atomic E-state index is 14.4. The fraction of sp³-hybridized carbons (Fsp3) is 0.556. The number of carbonyl (C=O) groups excluding carboxylic acids is 1. The number of benzene rings is 1. The minimum absolute atomic E-state index is 0.0958. The van der Waals surface area contributed by atoms with Crippen molar-refractivity contribution in [3.05, 3.63) is 34.1 Å². The number of hydrogen-bond acceptors (Lipinski definition) is 6. The molecule has 0 heterocycles. The lowest BCUT2D eigenvalue weighted by atomic mass is 9.96. The Kier molecular flexibility index (Phi) is 8.00. The molecule has 156 valence electrons. The van der Waals surface area contributed by atoms with E-state index in [2.05, 4.69) is 21.2 Å². The second-order valence-electron chi connectivity index (χ2n) is 7.44. The zero-order valence-electron chi connectivity index (χ0n) is 16.1. The van der Waals surface area contributed by atoms with Gasteiger partial charge in [0.15, 0.2) is 14.6 Å². The molecule has 0 aliphatic rings. The lowest BCUT2D eigenvalue weighted by Crippen LogP contribution is -2.42. The van der Waals surface area contributed by atoms with E-state index >= 15 is 0 Å². The first-order valence-corrected chi connectivity index (χ1v) is 11.1. The summed E-state index contributed by atoms with van der Waals surface area (Å²) in [6.07, 6.45) is -0.399. The molecular weight excluding hydrogens is 455 g/mol. The van der Waals surface area contributed by atoms with Gasteiger partial charge in [0.2, 0.25) is 0 Å². The summed E-state index contributed by atoms with van der Waals surface area (Å²) in [4.78, 5) is 12.2. The highest BCUT2D eigenvalue weighted by atomic mass is 79.9. The molecule has 1 aromatic carbocycles. The van der Waals surface area contributed by atoms with Crippen molar-refractivity contribution in [2.45, 2.75) is 50.0 Å². The normalized spacial score (nSPS) is 15.2. The quantitative estimate of drug-likeness (QED) is 0.621. The summed E-state index contributed by atoms with van der Waals surface area (Å²) in [5.74, 6) is -0.616. The molecule has 2 atom stereocenters. The van der Waals surface area contributed by atoms with Crippen LogP contribution >= 0.6 is 15.9 Å². The minimum Gasteiger partial charge on any atom is -0.444 e. The van der Waals surface area contributed by atoms with Crippen LogP contribution in [0.25, 0.3) is 0 Å². The van der Waals surface area contributed by atoms with Crippen molar-refractivity contribution in [3.63, 3.8) is 0 Å². The van der Waals surface area contributed by atoms with Crippen LogP contribution in [0.4, 0.5) is 9.18 Å². The smallest absolute Gasteiger partial charge is 0.408 e. The third-order valence-electron chi connectivity index (χ3n) is 4.03. The van der Waals surface area contributed by atoms with Crippen molar-refractivity contribution < 1.29 is 27.4 Å². The Bertz CT molecular complexity index is 864.